The van der Waals surface area contributed by atoms with Gasteiger partial charge in [-0.25, -0.2) is 0 Å². The van der Waals surface area contributed by atoms with E-state index in [0.717, 1.165) is 59.0 Å². The molecule has 0 spiro atoms. The zero-order chi connectivity index (χ0) is 21.5. The van der Waals surface area contributed by atoms with Crippen LogP contribution in [0.15, 0.2) is 85.6 Å². The molecule has 5 heteroatoms. The maximum Gasteiger partial charge on any atom is 0.129 e. The summed E-state index contributed by atoms with van der Waals surface area (Å²) < 4.78 is 5.67. The van der Waals surface area contributed by atoms with Crippen molar-refractivity contribution < 1.29 is 4.74 Å². The fourth-order valence-electron chi connectivity index (χ4n) is 3.59. The van der Waals surface area contributed by atoms with Gasteiger partial charge in [0.15, 0.2) is 0 Å². The molecule has 0 aliphatic heterocycles. The molecule has 0 atom stereocenters. The van der Waals surface area contributed by atoms with Crippen molar-refractivity contribution in [2.75, 3.05) is 13.7 Å². The molecule has 1 aliphatic rings. The molecule has 0 amide bonds. The smallest absolute Gasteiger partial charge is 0.129 e. The number of H-pyrrole nitrogens is 1. The Labute approximate surface area is 182 Å². The first kappa shape index (κ1) is 20.4. The van der Waals surface area contributed by atoms with Crippen molar-refractivity contribution in [3.63, 3.8) is 0 Å². The number of hydrogen-bond acceptors (Lipinski definition) is 4. The fraction of sp³-hybridized carbons (Fsp3) is 0.154. The Morgan fingerprint density at radius 3 is 2.94 bits per heavy atom. The second-order valence-electron chi connectivity index (χ2n) is 7.24. The Kier molecular flexibility index (Phi) is 6.43. The van der Waals surface area contributed by atoms with Crippen LogP contribution in [-0.4, -0.2) is 28.8 Å². The summed E-state index contributed by atoms with van der Waals surface area (Å²) in [5, 5.41) is 11.2. The van der Waals surface area contributed by atoms with Crippen molar-refractivity contribution in [1.29, 1.82) is 0 Å². The van der Waals surface area contributed by atoms with Gasteiger partial charge in [-0.2, -0.15) is 5.10 Å². The fourth-order valence-corrected chi connectivity index (χ4v) is 3.59. The van der Waals surface area contributed by atoms with Crippen molar-refractivity contribution in [2.45, 2.75) is 12.8 Å². The van der Waals surface area contributed by atoms with E-state index in [0.29, 0.717) is 0 Å². The van der Waals surface area contributed by atoms with Crippen molar-refractivity contribution in [1.82, 2.24) is 20.5 Å². The predicted octanol–water partition coefficient (Wildman–Crippen LogP) is 5.18. The number of pyridine rings is 1. The monoisotopic (exact) mass is 410 g/mol. The van der Waals surface area contributed by atoms with Gasteiger partial charge >= 0.3 is 0 Å². The lowest BCUT2D eigenvalue weighted by atomic mass is 9.99. The molecule has 0 radical (unpaired) electrons. The minimum atomic E-state index is 0.740. The van der Waals surface area contributed by atoms with Crippen LogP contribution in [0.4, 0.5) is 0 Å². The summed E-state index contributed by atoms with van der Waals surface area (Å²) in [6.45, 7) is 5.01. The van der Waals surface area contributed by atoms with Gasteiger partial charge in [-0.15, -0.1) is 0 Å². The lowest BCUT2D eigenvalue weighted by Crippen LogP contribution is -2.16. The number of benzene rings is 1. The van der Waals surface area contributed by atoms with Crippen molar-refractivity contribution in [3.05, 3.63) is 103 Å². The summed E-state index contributed by atoms with van der Waals surface area (Å²) in [6, 6.07) is 14.0. The van der Waals surface area contributed by atoms with E-state index in [1.165, 1.54) is 5.57 Å². The minimum absolute atomic E-state index is 0.740. The number of nitrogens with zero attached hydrogens (tertiary/aromatic N) is 2. The Hall–Kier alpha value is -3.86. The Morgan fingerprint density at radius 2 is 2.10 bits per heavy atom. The first-order valence-electron chi connectivity index (χ1n) is 10.3. The van der Waals surface area contributed by atoms with Gasteiger partial charge < -0.3 is 10.1 Å². The predicted molar refractivity (Wildman–Crippen MR) is 126 cm³/mol. The van der Waals surface area contributed by atoms with E-state index in [-0.39, 0.29) is 0 Å². The molecule has 0 saturated carbocycles. The van der Waals surface area contributed by atoms with Crippen LogP contribution in [0.2, 0.25) is 0 Å². The van der Waals surface area contributed by atoms with Crippen molar-refractivity contribution >= 4 is 11.3 Å². The van der Waals surface area contributed by atoms with E-state index in [2.05, 4.69) is 51.4 Å². The molecular weight excluding hydrogens is 384 g/mol. The third-order valence-corrected chi connectivity index (χ3v) is 5.19. The molecule has 4 rings (SSSR count). The molecular formula is C26H26N4O. The van der Waals surface area contributed by atoms with Crippen LogP contribution >= 0.6 is 0 Å². The highest BCUT2D eigenvalue weighted by Gasteiger charge is 2.17. The number of methoxy groups -OCH3 is 1. The largest absolute Gasteiger partial charge is 0.496 e. The van der Waals surface area contributed by atoms with Crippen molar-refractivity contribution in [2.24, 2.45) is 0 Å². The molecule has 3 aromatic rings. The molecule has 156 valence electrons. The zero-order valence-electron chi connectivity index (χ0n) is 17.6. The van der Waals surface area contributed by atoms with Gasteiger partial charge in [-0.05, 0) is 36.3 Å². The molecule has 2 aromatic heterocycles. The zero-order valence-corrected chi connectivity index (χ0v) is 17.6. The number of ether oxygens (including phenoxy) is 1. The van der Waals surface area contributed by atoms with Gasteiger partial charge in [-0.1, -0.05) is 55.2 Å². The highest BCUT2D eigenvalue weighted by molar-refractivity contribution is 5.84. The average molecular weight is 411 g/mol. The van der Waals surface area contributed by atoms with Gasteiger partial charge in [-0.3, -0.25) is 10.1 Å². The van der Waals surface area contributed by atoms with E-state index in [1.807, 2.05) is 54.7 Å². The molecule has 1 aliphatic carbocycles. The number of rotatable bonds is 8. The number of nitrogens with one attached hydrogen (secondary N) is 2. The SMILES string of the molecule is C=C(NCCc1ccccn1)c1cccc(OC)c1-c1cc(C2=CC=CC=CC2)[nH]n1. The van der Waals surface area contributed by atoms with Crippen LogP contribution in [0.5, 0.6) is 5.75 Å². The van der Waals surface area contributed by atoms with E-state index in [1.54, 1.807) is 7.11 Å². The van der Waals surface area contributed by atoms with Crippen LogP contribution in [0.25, 0.3) is 22.5 Å². The first-order valence-corrected chi connectivity index (χ1v) is 10.3. The Bertz CT molecular complexity index is 1140. The first-order chi connectivity index (χ1) is 15.3. The van der Waals surface area contributed by atoms with Gasteiger partial charge in [0.1, 0.15) is 5.75 Å². The lowest BCUT2D eigenvalue weighted by Gasteiger charge is -2.15. The molecule has 2 heterocycles. The number of hydrogen-bond donors (Lipinski definition) is 2. The highest BCUT2D eigenvalue weighted by atomic mass is 16.5. The topological polar surface area (TPSA) is 62.8 Å². The van der Waals surface area contributed by atoms with E-state index >= 15 is 0 Å². The third kappa shape index (κ3) is 4.83. The summed E-state index contributed by atoms with van der Waals surface area (Å²) >= 11 is 0. The standard InChI is InChI=1S/C26H26N4O/c1-19(27-17-15-21-12-7-8-16-28-21)22-13-9-14-25(31-2)26(22)24-18-23(29-30-24)20-10-5-3-4-6-11-20/h3-10,12-14,16,18,27H,1,11,15,17H2,2H3,(H,29,30). The lowest BCUT2D eigenvalue weighted by molar-refractivity contribution is 0.416. The van der Waals surface area contributed by atoms with Gasteiger partial charge in [0.05, 0.1) is 24.1 Å². The maximum absolute atomic E-state index is 5.67. The minimum Gasteiger partial charge on any atom is -0.496 e. The summed E-state index contributed by atoms with van der Waals surface area (Å²) in [6.07, 6.45) is 13.9. The maximum atomic E-state index is 5.67. The third-order valence-electron chi connectivity index (χ3n) is 5.19. The van der Waals surface area contributed by atoms with Gasteiger partial charge in [0, 0.05) is 36.1 Å². The summed E-state index contributed by atoms with van der Waals surface area (Å²) in [5.74, 6) is 0.762. The quantitative estimate of drug-likeness (QED) is 0.537. The Balaban J connectivity index is 1.58. The highest BCUT2D eigenvalue weighted by Crippen LogP contribution is 2.36. The molecule has 5 nitrogen and oxygen atoms in total. The molecule has 31 heavy (non-hydrogen) atoms. The Morgan fingerprint density at radius 1 is 1.16 bits per heavy atom. The number of allylic oxidation sites excluding steroid dienone is 6. The van der Waals surface area contributed by atoms with E-state index in [4.69, 9.17) is 4.74 Å². The molecule has 0 saturated heterocycles. The van der Waals surface area contributed by atoms with Crippen LogP contribution in [0, 0.1) is 0 Å². The number of aromatic nitrogens is 3. The van der Waals surface area contributed by atoms with Gasteiger partial charge in [0.25, 0.3) is 0 Å². The van der Waals surface area contributed by atoms with Crippen LogP contribution in [0.3, 0.4) is 0 Å². The second-order valence-corrected chi connectivity index (χ2v) is 7.24. The molecule has 1 aromatic carbocycles. The molecule has 0 fully saturated rings. The normalized spacial score (nSPS) is 12.9. The molecule has 0 bridgehead atoms. The van der Waals surface area contributed by atoms with Crippen LogP contribution in [-0.2, 0) is 6.42 Å². The summed E-state index contributed by atoms with van der Waals surface area (Å²) in [7, 11) is 1.68. The van der Waals surface area contributed by atoms with E-state index < -0.39 is 0 Å². The van der Waals surface area contributed by atoms with Crippen molar-refractivity contribution in [3.8, 4) is 17.0 Å². The van der Waals surface area contributed by atoms with Crippen LogP contribution in [0.1, 0.15) is 23.4 Å². The average Bonchev–Trinajstić information content (AvgIpc) is 3.13. The van der Waals surface area contributed by atoms with E-state index in [9.17, 15) is 0 Å². The molecule has 0 unspecified atom stereocenters. The summed E-state index contributed by atoms with van der Waals surface area (Å²) in [4.78, 5) is 4.38. The molecule has 2 N–H and O–H groups in total. The second kappa shape index (κ2) is 9.76. The van der Waals surface area contributed by atoms with Gasteiger partial charge in [0.2, 0.25) is 0 Å². The van der Waals surface area contributed by atoms with Crippen LogP contribution < -0.4 is 10.1 Å². The summed E-state index contributed by atoms with van der Waals surface area (Å²) in [5.41, 5.74) is 6.77. The number of aromatic amines is 1.